The van der Waals surface area contributed by atoms with E-state index in [1.54, 1.807) is 31.2 Å². The second-order valence-electron chi connectivity index (χ2n) is 6.25. The van der Waals surface area contributed by atoms with E-state index in [0.717, 1.165) is 25.7 Å². The number of Topliss-reactive ketones (excluding diaryl/α,β-unsaturated/α-hetero) is 1. The van der Waals surface area contributed by atoms with E-state index in [-0.39, 0.29) is 18.4 Å². The average molecular weight is 376 g/mol. The number of ketones is 1. The molecule has 0 bridgehead atoms. The first-order chi connectivity index (χ1) is 13.0. The third kappa shape index (κ3) is 7.08. The lowest BCUT2D eigenvalue weighted by Gasteiger charge is -2.12. The van der Waals surface area contributed by atoms with Gasteiger partial charge < -0.3 is 14.8 Å². The van der Waals surface area contributed by atoms with E-state index in [9.17, 15) is 19.2 Å². The molecule has 8 heteroatoms. The largest absolute Gasteiger partial charge is 0.482 e. The zero-order valence-electron chi connectivity index (χ0n) is 15.3. The molecule has 146 valence electrons. The molecule has 0 heterocycles. The van der Waals surface area contributed by atoms with Gasteiger partial charge in [0.15, 0.2) is 19.0 Å². The van der Waals surface area contributed by atoms with Gasteiger partial charge in [0.2, 0.25) is 0 Å². The van der Waals surface area contributed by atoms with Crippen LogP contribution in [0, 0.1) is 0 Å². The van der Waals surface area contributed by atoms with Gasteiger partial charge in [0.25, 0.3) is 5.91 Å². The molecule has 0 unspecified atom stereocenters. The van der Waals surface area contributed by atoms with Crippen LogP contribution in [0.3, 0.4) is 0 Å². The Hall–Kier alpha value is -2.90. The van der Waals surface area contributed by atoms with Crippen molar-refractivity contribution in [3.63, 3.8) is 0 Å². The van der Waals surface area contributed by atoms with E-state index >= 15 is 0 Å². The topological polar surface area (TPSA) is 111 Å². The number of rotatable bonds is 8. The van der Waals surface area contributed by atoms with Crippen molar-refractivity contribution in [1.82, 2.24) is 10.6 Å². The molecule has 0 radical (unpaired) electrons. The molecule has 2 rings (SSSR count). The minimum Gasteiger partial charge on any atom is -0.482 e. The van der Waals surface area contributed by atoms with E-state index in [0.29, 0.717) is 17.7 Å². The summed E-state index contributed by atoms with van der Waals surface area (Å²) in [5.74, 6) is -1.03. The fourth-order valence-electron chi connectivity index (χ4n) is 2.73. The van der Waals surface area contributed by atoms with Crippen molar-refractivity contribution in [3.05, 3.63) is 29.8 Å². The Morgan fingerprint density at radius 3 is 2.33 bits per heavy atom. The summed E-state index contributed by atoms with van der Waals surface area (Å²) in [6, 6.07) is 5.90. The molecule has 0 spiro atoms. The van der Waals surface area contributed by atoms with Crippen LogP contribution in [0.5, 0.6) is 5.75 Å². The van der Waals surface area contributed by atoms with Gasteiger partial charge >= 0.3 is 12.0 Å². The number of urea groups is 1. The summed E-state index contributed by atoms with van der Waals surface area (Å²) in [5, 5.41) is 4.82. The fourth-order valence-corrected chi connectivity index (χ4v) is 2.73. The molecular weight excluding hydrogens is 352 g/mol. The zero-order chi connectivity index (χ0) is 19.6. The molecule has 0 saturated heterocycles. The van der Waals surface area contributed by atoms with Crippen LogP contribution in [-0.4, -0.2) is 42.9 Å². The molecule has 1 aromatic rings. The maximum Gasteiger partial charge on any atom is 0.344 e. The highest BCUT2D eigenvalue weighted by Gasteiger charge is 2.18. The Morgan fingerprint density at radius 2 is 1.70 bits per heavy atom. The third-order valence-electron chi connectivity index (χ3n) is 4.16. The summed E-state index contributed by atoms with van der Waals surface area (Å²) in [6.45, 7) is 0.824. The molecule has 1 fully saturated rings. The SMILES string of the molecule is CCC(=O)c1ccc(OCC(=O)OCC(=O)NC(=O)NC2CCCC2)cc1. The molecule has 8 nitrogen and oxygen atoms in total. The Balaban J connectivity index is 1.64. The number of ether oxygens (including phenoxy) is 2. The maximum absolute atomic E-state index is 11.6. The highest BCUT2D eigenvalue weighted by molar-refractivity contribution is 5.96. The molecule has 2 N–H and O–H groups in total. The highest BCUT2D eigenvalue weighted by Crippen LogP contribution is 2.17. The van der Waals surface area contributed by atoms with Crippen LogP contribution in [-0.2, 0) is 14.3 Å². The lowest BCUT2D eigenvalue weighted by atomic mass is 10.1. The number of hydrogen-bond donors (Lipinski definition) is 2. The first-order valence-corrected chi connectivity index (χ1v) is 9.00. The Bertz CT molecular complexity index is 680. The Morgan fingerprint density at radius 1 is 1.04 bits per heavy atom. The zero-order valence-corrected chi connectivity index (χ0v) is 15.3. The molecule has 0 aromatic heterocycles. The van der Waals surface area contributed by atoms with Crippen LogP contribution in [0.2, 0.25) is 0 Å². The third-order valence-corrected chi connectivity index (χ3v) is 4.16. The fraction of sp³-hybridized carbons (Fsp3) is 0.474. The van der Waals surface area contributed by atoms with Crippen LogP contribution in [0.25, 0.3) is 0 Å². The van der Waals surface area contributed by atoms with E-state index in [1.165, 1.54) is 0 Å². The van der Waals surface area contributed by atoms with E-state index in [4.69, 9.17) is 9.47 Å². The molecule has 1 aliphatic carbocycles. The summed E-state index contributed by atoms with van der Waals surface area (Å²) < 4.78 is 10.0. The molecule has 1 saturated carbocycles. The van der Waals surface area contributed by atoms with Gasteiger partial charge in [-0.3, -0.25) is 14.9 Å². The minimum absolute atomic E-state index is 0.0175. The second-order valence-corrected chi connectivity index (χ2v) is 6.25. The van der Waals surface area contributed by atoms with Crippen LogP contribution < -0.4 is 15.4 Å². The van der Waals surface area contributed by atoms with E-state index in [1.807, 2.05) is 0 Å². The van der Waals surface area contributed by atoms with Crippen molar-refractivity contribution in [3.8, 4) is 5.75 Å². The molecule has 3 amide bonds. The predicted molar refractivity (Wildman–Crippen MR) is 96.4 cm³/mol. The monoisotopic (exact) mass is 376 g/mol. The number of imide groups is 1. The summed E-state index contributed by atoms with van der Waals surface area (Å²) in [4.78, 5) is 46.4. The molecular formula is C19H24N2O6. The predicted octanol–water partition coefficient (Wildman–Crippen LogP) is 1.97. The second kappa shape index (κ2) is 10.3. The van der Waals surface area contributed by atoms with Gasteiger partial charge in [-0.1, -0.05) is 19.8 Å². The average Bonchev–Trinajstić information content (AvgIpc) is 3.17. The van der Waals surface area contributed by atoms with Gasteiger partial charge in [0.1, 0.15) is 5.75 Å². The number of esters is 1. The van der Waals surface area contributed by atoms with Crippen molar-refractivity contribution in [2.45, 2.75) is 45.1 Å². The van der Waals surface area contributed by atoms with E-state index in [2.05, 4.69) is 10.6 Å². The number of nitrogens with one attached hydrogen (secondary N) is 2. The smallest absolute Gasteiger partial charge is 0.344 e. The molecule has 27 heavy (non-hydrogen) atoms. The molecule has 1 aliphatic rings. The lowest BCUT2D eigenvalue weighted by Crippen LogP contribution is -2.45. The van der Waals surface area contributed by atoms with Gasteiger partial charge in [-0.25, -0.2) is 9.59 Å². The Kier molecular flexibility index (Phi) is 7.79. The Labute approximate surface area is 157 Å². The number of carbonyl (C=O) groups excluding carboxylic acids is 4. The van der Waals surface area contributed by atoms with Gasteiger partial charge in [0.05, 0.1) is 0 Å². The summed E-state index contributed by atoms with van der Waals surface area (Å²) in [6.07, 6.45) is 4.35. The van der Waals surface area contributed by atoms with Crippen molar-refractivity contribution in [2.75, 3.05) is 13.2 Å². The quantitative estimate of drug-likeness (QED) is 0.530. The molecule has 0 atom stereocenters. The maximum atomic E-state index is 11.6. The summed E-state index contributed by atoms with van der Waals surface area (Å²) in [5.41, 5.74) is 0.569. The number of benzene rings is 1. The van der Waals surface area contributed by atoms with Crippen molar-refractivity contribution in [1.29, 1.82) is 0 Å². The van der Waals surface area contributed by atoms with Crippen LogP contribution in [0.4, 0.5) is 4.79 Å². The summed E-state index contributed by atoms with van der Waals surface area (Å²) in [7, 11) is 0. The molecule has 0 aliphatic heterocycles. The van der Waals surface area contributed by atoms with Gasteiger partial charge in [-0.2, -0.15) is 0 Å². The first-order valence-electron chi connectivity index (χ1n) is 9.00. The van der Waals surface area contributed by atoms with Crippen molar-refractivity contribution < 1.29 is 28.7 Å². The standard InChI is InChI=1S/C19H24N2O6/c1-2-16(22)13-7-9-15(10-8-13)26-12-18(24)27-11-17(23)21-19(25)20-14-5-3-4-6-14/h7-10,14H,2-6,11-12H2,1H3,(H2,20,21,23,25). The van der Waals surface area contributed by atoms with Gasteiger partial charge in [0, 0.05) is 18.0 Å². The van der Waals surface area contributed by atoms with Gasteiger partial charge in [-0.15, -0.1) is 0 Å². The number of amides is 3. The number of hydrogen-bond acceptors (Lipinski definition) is 6. The van der Waals surface area contributed by atoms with Crippen LogP contribution in [0.15, 0.2) is 24.3 Å². The van der Waals surface area contributed by atoms with Crippen LogP contribution >= 0.6 is 0 Å². The van der Waals surface area contributed by atoms with Gasteiger partial charge in [-0.05, 0) is 37.1 Å². The summed E-state index contributed by atoms with van der Waals surface area (Å²) >= 11 is 0. The minimum atomic E-state index is -0.741. The number of carbonyl (C=O) groups is 4. The molecule has 1 aromatic carbocycles. The van der Waals surface area contributed by atoms with Crippen molar-refractivity contribution >= 4 is 23.7 Å². The van der Waals surface area contributed by atoms with Crippen LogP contribution in [0.1, 0.15) is 49.4 Å². The highest BCUT2D eigenvalue weighted by atomic mass is 16.6. The van der Waals surface area contributed by atoms with E-state index < -0.39 is 24.5 Å². The first kappa shape index (κ1) is 20.4. The normalized spacial score (nSPS) is 13.7. The van der Waals surface area contributed by atoms with Crippen molar-refractivity contribution in [2.24, 2.45) is 0 Å². The lowest BCUT2D eigenvalue weighted by molar-refractivity contribution is -0.150.